The zero-order valence-corrected chi connectivity index (χ0v) is 9.89. The first-order valence-corrected chi connectivity index (χ1v) is 5.66. The molecule has 0 atom stereocenters. The Hall–Kier alpha value is -0.940. The van der Waals surface area contributed by atoms with E-state index in [2.05, 4.69) is 31.2 Å². The molecule has 0 aliphatic carbocycles. The molecule has 72 valence electrons. The maximum Gasteiger partial charge on any atom is 0.189 e. The van der Waals surface area contributed by atoms with Crippen LogP contribution in [0.5, 0.6) is 0 Å². The average Bonchev–Trinajstić information content (AvgIpc) is 2.51. The van der Waals surface area contributed by atoms with Crippen molar-refractivity contribution in [3.63, 3.8) is 0 Å². The van der Waals surface area contributed by atoms with Crippen molar-refractivity contribution in [1.82, 2.24) is 9.97 Å². The molecule has 0 fully saturated rings. The predicted molar refractivity (Wildman–Crippen MR) is 62.1 cm³/mol. The molecule has 0 saturated heterocycles. The number of nitrogens with one attached hydrogen (secondary N) is 1. The lowest BCUT2D eigenvalue weighted by atomic mass is 10.3. The van der Waals surface area contributed by atoms with Crippen LogP contribution in [0.4, 0.5) is 10.9 Å². The van der Waals surface area contributed by atoms with E-state index >= 15 is 0 Å². The summed E-state index contributed by atoms with van der Waals surface area (Å²) in [6.07, 6.45) is 3.54. The Morgan fingerprint density at radius 2 is 2.29 bits per heavy atom. The zero-order valence-electron chi connectivity index (χ0n) is 7.49. The van der Waals surface area contributed by atoms with Gasteiger partial charge in [0, 0.05) is 6.20 Å². The molecule has 0 radical (unpaired) electrons. The Bertz CT molecular complexity index is 441. The monoisotopic (exact) mass is 269 g/mol. The molecule has 2 aromatic rings. The van der Waals surface area contributed by atoms with Crippen molar-refractivity contribution in [3.8, 4) is 0 Å². The molecule has 1 N–H and O–H groups in total. The molecule has 5 heteroatoms. The summed E-state index contributed by atoms with van der Waals surface area (Å²) < 4.78 is 1.01. The summed E-state index contributed by atoms with van der Waals surface area (Å²) in [5.41, 5.74) is 1.18. The standard InChI is InChI=1S/C9H8BrN3S/c1-6-2-3-11-8(4-6)13-9-12-5-7(10)14-9/h2-5H,1H3,(H,11,12,13). The number of pyridine rings is 1. The summed E-state index contributed by atoms with van der Waals surface area (Å²) in [4.78, 5) is 8.35. The Labute approximate surface area is 94.4 Å². The van der Waals surface area contributed by atoms with E-state index in [0.29, 0.717) is 0 Å². The van der Waals surface area contributed by atoms with Crippen molar-refractivity contribution >= 4 is 38.2 Å². The van der Waals surface area contributed by atoms with Crippen molar-refractivity contribution in [2.45, 2.75) is 6.92 Å². The number of aromatic nitrogens is 2. The number of anilines is 2. The molecular formula is C9H8BrN3S. The van der Waals surface area contributed by atoms with E-state index < -0.39 is 0 Å². The largest absolute Gasteiger partial charge is 0.316 e. The van der Waals surface area contributed by atoms with Crippen molar-refractivity contribution in [3.05, 3.63) is 33.9 Å². The summed E-state index contributed by atoms with van der Waals surface area (Å²) >= 11 is 4.90. The van der Waals surface area contributed by atoms with Gasteiger partial charge in [0.25, 0.3) is 0 Å². The van der Waals surface area contributed by atoms with E-state index in [1.54, 1.807) is 23.7 Å². The van der Waals surface area contributed by atoms with Crippen LogP contribution in [0.3, 0.4) is 0 Å². The van der Waals surface area contributed by atoms with Crippen LogP contribution in [0, 0.1) is 6.92 Å². The number of rotatable bonds is 2. The van der Waals surface area contributed by atoms with Crippen molar-refractivity contribution in [2.75, 3.05) is 5.32 Å². The molecule has 2 heterocycles. The van der Waals surface area contributed by atoms with E-state index in [0.717, 1.165) is 14.7 Å². The lowest BCUT2D eigenvalue weighted by Gasteiger charge is -2.01. The first-order chi connectivity index (χ1) is 6.74. The van der Waals surface area contributed by atoms with Gasteiger partial charge in [0.2, 0.25) is 0 Å². The maximum atomic E-state index is 4.18. The molecular weight excluding hydrogens is 262 g/mol. The van der Waals surface area contributed by atoms with Crippen LogP contribution < -0.4 is 5.32 Å². The molecule has 0 amide bonds. The summed E-state index contributed by atoms with van der Waals surface area (Å²) in [6, 6.07) is 3.94. The first-order valence-electron chi connectivity index (χ1n) is 4.05. The molecule has 14 heavy (non-hydrogen) atoms. The molecule has 0 spiro atoms. The smallest absolute Gasteiger partial charge is 0.189 e. The van der Waals surface area contributed by atoms with Crippen LogP contribution in [0.15, 0.2) is 28.3 Å². The highest BCUT2D eigenvalue weighted by atomic mass is 79.9. The lowest BCUT2D eigenvalue weighted by Crippen LogP contribution is -1.92. The van der Waals surface area contributed by atoms with Gasteiger partial charge in [-0.1, -0.05) is 11.3 Å². The van der Waals surface area contributed by atoms with Crippen LogP contribution in [0.25, 0.3) is 0 Å². The van der Waals surface area contributed by atoms with Gasteiger partial charge in [0.15, 0.2) is 5.13 Å². The second kappa shape index (κ2) is 4.06. The molecule has 0 bridgehead atoms. The third-order valence-corrected chi connectivity index (χ3v) is 3.02. The minimum Gasteiger partial charge on any atom is -0.316 e. The number of halogens is 1. The van der Waals surface area contributed by atoms with E-state index in [-0.39, 0.29) is 0 Å². The quantitative estimate of drug-likeness (QED) is 0.909. The van der Waals surface area contributed by atoms with Gasteiger partial charge in [0.1, 0.15) is 5.82 Å². The van der Waals surface area contributed by atoms with Gasteiger partial charge in [-0.25, -0.2) is 9.97 Å². The maximum absolute atomic E-state index is 4.18. The third kappa shape index (κ3) is 2.30. The van der Waals surface area contributed by atoms with Crippen molar-refractivity contribution in [1.29, 1.82) is 0 Å². The van der Waals surface area contributed by atoms with Gasteiger partial charge >= 0.3 is 0 Å². The predicted octanol–water partition coefficient (Wildman–Crippen LogP) is 3.35. The van der Waals surface area contributed by atoms with Gasteiger partial charge in [-0.15, -0.1) is 0 Å². The molecule has 3 nitrogen and oxygen atoms in total. The Morgan fingerprint density at radius 3 is 2.93 bits per heavy atom. The molecule has 2 rings (SSSR count). The highest BCUT2D eigenvalue weighted by Crippen LogP contribution is 2.25. The van der Waals surface area contributed by atoms with E-state index in [9.17, 15) is 0 Å². The molecule has 0 aromatic carbocycles. The van der Waals surface area contributed by atoms with Crippen LogP contribution in [0.1, 0.15) is 5.56 Å². The van der Waals surface area contributed by atoms with Crippen LogP contribution in [-0.2, 0) is 0 Å². The Kier molecular flexibility index (Phi) is 2.79. The SMILES string of the molecule is Cc1ccnc(Nc2ncc(Br)s2)c1. The van der Waals surface area contributed by atoms with Crippen molar-refractivity contribution < 1.29 is 0 Å². The van der Waals surface area contributed by atoms with E-state index in [1.165, 1.54) is 5.56 Å². The lowest BCUT2D eigenvalue weighted by molar-refractivity contribution is 1.26. The molecule has 0 aliphatic rings. The van der Waals surface area contributed by atoms with Gasteiger partial charge in [0.05, 0.1) is 9.98 Å². The number of thiazole rings is 1. The summed E-state index contributed by atoms with van der Waals surface area (Å²) in [5, 5.41) is 3.97. The van der Waals surface area contributed by atoms with Crippen LogP contribution >= 0.6 is 27.3 Å². The highest BCUT2D eigenvalue weighted by molar-refractivity contribution is 9.11. The van der Waals surface area contributed by atoms with Gasteiger partial charge in [-0.05, 0) is 40.5 Å². The van der Waals surface area contributed by atoms with E-state index in [1.807, 2.05) is 19.1 Å². The van der Waals surface area contributed by atoms with Crippen LogP contribution in [0.2, 0.25) is 0 Å². The molecule has 0 aliphatic heterocycles. The number of hydrogen-bond donors (Lipinski definition) is 1. The summed E-state index contributed by atoms with van der Waals surface area (Å²) in [5.74, 6) is 0.826. The molecule has 0 unspecified atom stereocenters. The summed E-state index contributed by atoms with van der Waals surface area (Å²) in [6.45, 7) is 2.03. The average molecular weight is 270 g/mol. The van der Waals surface area contributed by atoms with Gasteiger partial charge < -0.3 is 5.32 Å². The minimum absolute atomic E-state index is 0.826. The Balaban J connectivity index is 2.18. The first kappa shape index (κ1) is 9.61. The second-order valence-electron chi connectivity index (χ2n) is 2.81. The molecule has 0 saturated carbocycles. The zero-order chi connectivity index (χ0) is 9.97. The fourth-order valence-corrected chi connectivity index (χ4v) is 2.14. The highest BCUT2D eigenvalue weighted by Gasteiger charge is 2.00. The minimum atomic E-state index is 0.826. The Morgan fingerprint density at radius 1 is 1.43 bits per heavy atom. The van der Waals surface area contributed by atoms with Crippen molar-refractivity contribution in [2.24, 2.45) is 0 Å². The summed E-state index contributed by atoms with van der Waals surface area (Å²) in [7, 11) is 0. The second-order valence-corrected chi connectivity index (χ2v) is 5.22. The number of aryl methyl sites for hydroxylation is 1. The van der Waals surface area contributed by atoms with Crippen LogP contribution in [-0.4, -0.2) is 9.97 Å². The van der Waals surface area contributed by atoms with E-state index in [4.69, 9.17) is 0 Å². The molecule has 2 aromatic heterocycles. The van der Waals surface area contributed by atoms with Gasteiger partial charge in [-0.3, -0.25) is 0 Å². The fraction of sp³-hybridized carbons (Fsp3) is 0.111. The third-order valence-electron chi connectivity index (χ3n) is 1.63. The number of hydrogen-bond acceptors (Lipinski definition) is 4. The fourth-order valence-electron chi connectivity index (χ4n) is 1.03. The normalized spacial score (nSPS) is 10.1. The topological polar surface area (TPSA) is 37.8 Å². The number of nitrogens with zero attached hydrogens (tertiary/aromatic N) is 2. The van der Waals surface area contributed by atoms with Gasteiger partial charge in [-0.2, -0.15) is 0 Å².